The summed E-state index contributed by atoms with van der Waals surface area (Å²) in [5.41, 5.74) is 2.03. The minimum atomic E-state index is -0.813. The quantitative estimate of drug-likeness (QED) is 0.613. The zero-order valence-corrected chi connectivity index (χ0v) is 17.3. The molecule has 4 rings (SSSR count). The number of rotatable bonds is 6. The number of hydrogen-bond acceptors (Lipinski definition) is 6. The topological polar surface area (TPSA) is 87.0 Å². The van der Waals surface area contributed by atoms with E-state index in [4.69, 9.17) is 18.6 Å². The lowest BCUT2D eigenvalue weighted by Crippen LogP contribution is -2.43. The van der Waals surface area contributed by atoms with E-state index in [1.165, 1.54) is 7.11 Å². The van der Waals surface area contributed by atoms with Crippen molar-refractivity contribution in [1.29, 1.82) is 0 Å². The molecule has 160 valence electrons. The minimum absolute atomic E-state index is 0.325. The molecule has 0 fully saturated rings. The number of amides is 1. The lowest BCUT2D eigenvalue weighted by atomic mass is 10.1. The van der Waals surface area contributed by atoms with E-state index in [1.54, 1.807) is 13.0 Å². The van der Waals surface area contributed by atoms with Crippen LogP contribution in [0.1, 0.15) is 21.7 Å². The summed E-state index contributed by atoms with van der Waals surface area (Å²) >= 11 is 0. The van der Waals surface area contributed by atoms with E-state index in [0.717, 1.165) is 11.1 Å². The number of methoxy groups -OCH3 is 1. The first kappa shape index (κ1) is 20.5. The van der Waals surface area contributed by atoms with Gasteiger partial charge in [-0.05, 0) is 36.8 Å². The van der Waals surface area contributed by atoms with Crippen molar-refractivity contribution >= 4 is 11.9 Å². The van der Waals surface area contributed by atoms with Crippen LogP contribution in [0, 0.1) is 6.92 Å². The van der Waals surface area contributed by atoms with Gasteiger partial charge in [0, 0.05) is 12.0 Å². The molecule has 1 aliphatic heterocycles. The molecule has 1 atom stereocenters. The molecule has 0 radical (unpaired) electrons. The highest BCUT2D eigenvalue weighted by molar-refractivity contribution is 5.98. The molecule has 1 N–H and O–H groups in total. The fourth-order valence-electron chi connectivity index (χ4n) is 3.47. The molecule has 2 heterocycles. The van der Waals surface area contributed by atoms with Gasteiger partial charge in [-0.3, -0.25) is 4.79 Å². The third kappa shape index (κ3) is 4.55. The van der Waals surface area contributed by atoms with Gasteiger partial charge in [-0.2, -0.15) is 0 Å². The van der Waals surface area contributed by atoms with E-state index in [2.05, 4.69) is 5.32 Å². The normalized spacial score (nSPS) is 13.4. The predicted molar refractivity (Wildman–Crippen MR) is 113 cm³/mol. The Kier molecular flexibility index (Phi) is 5.93. The van der Waals surface area contributed by atoms with Crippen LogP contribution in [-0.2, 0) is 16.0 Å². The van der Waals surface area contributed by atoms with E-state index in [1.807, 2.05) is 48.5 Å². The molecule has 0 saturated carbocycles. The van der Waals surface area contributed by atoms with Crippen molar-refractivity contribution in [1.82, 2.24) is 5.32 Å². The number of nitrogens with one attached hydrogen (secondary N) is 1. The lowest BCUT2D eigenvalue weighted by Gasteiger charge is -2.18. The molecule has 3 aromatic rings. The van der Waals surface area contributed by atoms with Gasteiger partial charge in [0.25, 0.3) is 5.91 Å². The van der Waals surface area contributed by atoms with Crippen molar-refractivity contribution in [3.8, 4) is 22.8 Å². The third-order valence-corrected chi connectivity index (χ3v) is 5.06. The molecule has 0 aliphatic carbocycles. The fourth-order valence-corrected chi connectivity index (χ4v) is 3.47. The Balaban J connectivity index is 1.54. The molecule has 1 aromatic heterocycles. The first-order valence-electron chi connectivity index (χ1n) is 9.98. The summed E-state index contributed by atoms with van der Waals surface area (Å²) < 4.78 is 21.9. The molecular formula is C24H23NO6. The number of furan rings is 1. The highest BCUT2D eigenvalue weighted by Gasteiger charge is 2.25. The average molecular weight is 421 g/mol. The van der Waals surface area contributed by atoms with Gasteiger partial charge in [-0.15, -0.1) is 0 Å². The van der Waals surface area contributed by atoms with Crippen LogP contribution in [0.2, 0.25) is 0 Å². The Hall–Kier alpha value is -3.74. The molecule has 7 nitrogen and oxygen atoms in total. The lowest BCUT2D eigenvalue weighted by molar-refractivity contribution is -0.142. The van der Waals surface area contributed by atoms with Gasteiger partial charge in [0.15, 0.2) is 11.5 Å². The Morgan fingerprint density at radius 3 is 2.52 bits per heavy atom. The van der Waals surface area contributed by atoms with Crippen molar-refractivity contribution in [3.05, 3.63) is 71.5 Å². The first-order chi connectivity index (χ1) is 15.0. The SMILES string of the molecule is COC(=O)[C@@H](Cc1ccccc1)NC(=O)c1cc(-c2ccc3c(c2)OCCO3)oc1C. The highest BCUT2D eigenvalue weighted by atomic mass is 16.6. The summed E-state index contributed by atoms with van der Waals surface area (Å²) in [7, 11) is 1.30. The molecule has 1 aliphatic rings. The van der Waals surface area contributed by atoms with Crippen LogP contribution in [-0.4, -0.2) is 38.2 Å². The van der Waals surface area contributed by atoms with E-state index < -0.39 is 17.9 Å². The summed E-state index contributed by atoms with van der Waals surface area (Å²) in [5, 5.41) is 2.77. The smallest absolute Gasteiger partial charge is 0.328 e. The molecule has 2 aromatic carbocycles. The Morgan fingerprint density at radius 1 is 1.03 bits per heavy atom. The zero-order chi connectivity index (χ0) is 21.8. The van der Waals surface area contributed by atoms with Crippen LogP contribution in [0.25, 0.3) is 11.3 Å². The summed E-state index contributed by atoms with van der Waals surface area (Å²) in [6.45, 7) is 2.71. The van der Waals surface area contributed by atoms with Gasteiger partial charge in [-0.25, -0.2) is 4.79 Å². The predicted octanol–water partition coefficient (Wildman–Crippen LogP) is 3.54. The summed E-state index contributed by atoms with van der Waals surface area (Å²) in [6.07, 6.45) is 0.325. The second kappa shape index (κ2) is 8.95. The van der Waals surface area contributed by atoms with Crippen LogP contribution >= 0.6 is 0 Å². The maximum Gasteiger partial charge on any atom is 0.328 e. The molecular weight excluding hydrogens is 398 g/mol. The van der Waals surface area contributed by atoms with E-state index in [-0.39, 0.29) is 0 Å². The van der Waals surface area contributed by atoms with Gasteiger partial charge in [0.05, 0.1) is 12.7 Å². The summed E-state index contributed by atoms with van der Waals surface area (Å²) in [4.78, 5) is 25.2. The van der Waals surface area contributed by atoms with Crippen LogP contribution in [0.3, 0.4) is 0 Å². The third-order valence-electron chi connectivity index (χ3n) is 5.06. The van der Waals surface area contributed by atoms with Gasteiger partial charge < -0.3 is 23.9 Å². The Labute approximate surface area is 179 Å². The standard InChI is InChI=1S/C24H23NO6/c1-15-18(14-21(31-15)17-8-9-20-22(13-17)30-11-10-29-20)23(26)25-19(24(27)28-2)12-16-6-4-3-5-7-16/h3-9,13-14,19H,10-12H2,1-2H3,(H,25,26)/t19-/m1/s1. The zero-order valence-electron chi connectivity index (χ0n) is 17.3. The minimum Gasteiger partial charge on any atom is -0.486 e. The second-order valence-corrected chi connectivity index (χ2v) is 7.18. The van der Waals surface area contributed by atoms with Crippen molar-refractivity contribution in [2.75, 3.05) is 20.3 Å². The largest absolute Gasteiger partial charge is 0.486 e. The first-order valence-corrected chi connectivity index (χ1v) is 9.98. The molecule has 0 saturated heterocycles. The molecule has 0 bridgehead atoms. The number of carbonyl (C=O) groups is 2. The van der Waals surface area contributed by atoms with E-state index in [0.29, 0.717) is 48.2 Å². The number of hydrogen-bond donors (Lipinski definition) is 1. The molecule has 7 heteroatoms. The van der Waals surface area contributed by atoms with Gasteiger partial charge in [0.2, 0.25) is 0 Å². The number of carbonyl (C=O) groups excluding carboxylic acids is 2. The van der Waals surface area contributed by atoms with Crippen LogP contribution < -0.4 is 14.8 Å². The van der Waals surface area contributed by atoms with Crippen molar-refractivity contribution in [3.63, 3.8) is 0 Å². The Bertz CT molecular complexity index is 1090. The maximum absolute atomic E-state index is 12.9. The van der Waals surface area contributed by atoms with Crippen molar-refractivity contribution in [2.24, 2.45) is 0 Å². The summed E-state index contributed by atoms with van der Waals surface area (Å²) in [6, 6.07) is 15.8. The van der Waals surface area contributed by atoms with Crippen LogP contribution in [0.15, 0.2) is 59.0 Å². The second-order valence-electron chi connectivity index (χ2n) is 7.18. The molecule has 31 heavy (non-hydrogen) atoms. The highest BCUT2D eigenvalue weighted by Crippen LogP contribution is 2.35. The number of aryl methyl sites for hydroxylation is 1. The van der Waals surface area contributed by atoms with Crippen molar-refractivity contribution in [2.45, 2.75) is 19.4 Å². The average Bonchev–Trinajstić information content (AvgIpc) is 3.20. The molecule has 1 amide bonds. The molecule has 0 spiro atoms. The molecule has 0 unspecified atom stereocenters. The number of fused-ring (bicyclic) bond motifs is 1. The van der Waals surface area contributed by atoms with Gasteiger partial charge in [-0.1, -0.05) is 30.3 Å². The van der Waals surface area contributed by atoms with E-state index >= 15 is 0 Å². The number of ether oxygens (including phenoxy) is 3. The van der Waals surface area contributed by atoms with Crippen LogP contribution in [0.5, 0.6) is 11.5 Å². The Morgan fingerprint density at radius 2 is 1.77 bits per heavy atom. The van der Waals surface area contributed by atoms with Crippen LogP contribution in [0.4, 0.5) is 0 Å². The van der Waals surface area contributed by atoms with Gasteiger partial charge in [0.1, 0.15) is 30.8 Å². The number of esters is 1. The van der Waals surface area contributed by atoms with E-state index in [9.17, 15) is 9.59 Å². The number of benzene rings is 2. The fraction of sp³-hybridized carbons (Fsp3) is 0.250. The summed E-state index contributed by atoms with van der Waals surface area (Å²) in [5.74, 6) is 1.38. The maximum atomic E-state index is 12.9. The van der Waals surface area contributed by atoms with Gasteiger partial charge >= 0.3 is 5.97 Å². The van der Waals surface area contributed by atoms with Crippen molar-refractivity contribution < 1.29 is 28.2 Å². The monoisotopic (exact) mass is 421 g/mol.